The first-order chi connectivity index (χ1) is 10.4. The van der Waals surface area contributed by atoms with Crippen LogP contribution in [0.2, 0.25) is 0 Å². The Balaban J connectivity index is 1.81. The minimum atomic E-state index is 0.438. The molecule has 0 bridgehead atoms. The van der Waals surface area contributed by atoms with Gasteiger partial charge in [0.05, 0.1) is 12.2 Å². The Morgan fingerprint density at radius 1 is 1.29 bits per heavy atom. The van der Waals surface area contributed by atoms with Crippen molar-refractivity contribution in [3.05, 3.63) is 29.0 Å². The summed E-state index contributed by atoms with van der Waals surface area (Å²) in [6.45, 7) is 6.59. The molecule has 0 aliphatic carbocycles. The maximum atomic E-state index is 4.83. The summed E-state index contributed by atoms with van der Waals surface area (Å²) < 4.78 is 0. The lowest BCUT2D eigenvalue weighted by atomic mass is 10.1. The highest BCUT2D eigenvalue weighted by molar-refractivity contribution is 7.10. The third-order valence-electron chi connectivity index (χ3n) is 3.79. The molecule has 0 spiro atoms. The van der Waals surface area contributed by atoms with Gasteiger partial charge in [-0.1, -0.05) is 13.3 Å². The van der Waals surface area contributed by atoms with Crippen LogP contribution in [-0.2, 0) is 0 Å². The number of nitrogens with one attached hydrogen (secondary N) is 1. The fourth-order valence-electron chi connectivity index (χ4n) is 2.72. The summed E-state index contributed by atoms with van der Waals surface area (Å²) in [5.74, 6) is 0. The molecular weight excluding hydrogens is 282 g/mol. The van der Waals surface area contributed by atoms with Crippen molar-refractivity contribution in [3.63, 3.8) is 0 Å². The number of thiazole rings is 1. The molecule has 0 radical (unpaired) electrons. The maximum absolute atomic E-state index is 4.83. The number of rotatable bonds is 5. The van der Waals surface area contributed by atoms with Crippen molar-refractivity contribution < 1.29 is 0 Å². The SMILES string of the molecule is CCCC(c1nc(-c2cnccn2)cs1)N1CCNCC1. The summed E-state index contributed by atoms with van der Waals surface area (Å²) in [4.78, 5) is 15.8. The van der Waals surface area contributed by atoms with Crippen molar-refractivity contribution in [3.8, 4) is 11.4 Å². The molecule has 1 aliphatic rings. The number of nitrogens with zero attached hydrogens (tertiary/aromatic N) is 4. The zero-order chi connectivity index (χ0) is 14.5. The fourth-order valence-corrected chi connectivity index (χ4v) is 3.70. The van der Waals surface area contributed by atoms with Crippen LogP contribution in [0, 0.1) is 0 Å². The standard InChI is InChI=1S/C15H21N5S/c1-2-3-14(20-8-6-16-7-9-20)15-19-13(11-21-15)12-10-17-4-5-18-12/h4-5,10-11,14,16H,2-3,6-9H2,1H3. The number of hydrogen-bond donors (Lipinski definition) is 1. The van der Waals surface area contributed by atoms with Crippen LogP contribution in [-0.4, -0.2) is 46.0 Å². The molecule has 1 N–H and O–H groups in total. The molecule has 1 atom stereocenters. The Hall–Kier alpha value is -1.37. The molecule has 0 aromatic carbocycles. The lowest BCUT2D eigenvalue weighted by Gasteiger charge is -2.33. The largest absolute Gasteiger partial charge is 0.314 e. The van der Waals surface area contributed by atoms with Gasteiger partial charge in [-0.15, -0.1) is 11.3 Å². The van der Waals surface area contributed by atoms with E-state index < -0.39 is 0 Å². The summed E-state index contributed by atoms with van der Waals surface area (Å²) >= 11 is 1.75. The van der Waals surface area contributed by atoms with E-state index in [1.165, 1.54) is 11.4 Å². The molecule has 3 rings (SSSR count). The van der Waals surface area contributed by atoms with Gasteiger partial charge in [0.25, 0.3) is 0 Å². The Kier molecular flexibility index (Phi) is 4.90. The van der Waals surface area contributed by atoms with Crippen molar-refractivity contribution in [2.45, 2.75) is 25.8 Å². The Bertz CT molecular complexity index is 550. The molecule has 3 heterocycles. The molecule has 1 unspecified atom stereocenters. The molecule has 0 amide bonds. The van der Waals surface area contributed by atoms with E-state index in [9.17, 15) is 0 Å². The van der Waals surface area contributed by atoms with Crippen LogP contribution in [0.5, 0.6) is 0 Å². The second-order valence-electron chi connectivity index (χ2n) is 5.25. The molecule has 112 valence electrons. The average Bonchev–Trinajstić information content (AvgIpc) is 3.04. The van der Waals surface area contributed by atoms with Gasteiger partial charge in [-0.3, -0.25) is 14.9 Å². The minimum absolute atomic E-state index is 0.438. The Morgan fingerprint density at radius 2 is 2.14 bits per heavy atom. The Labute approximate surface area is 129 Å². The van der Waals surface area contributed by atoms with E-state index in [4.69, 9.17) is 4.98 Å². The molecule has 1 saturated heterocycles. The van der Waals surface area contributed by atoms with Crippen molar-refractivity contribution in [2.75, 3.05) is 26.2 Å². The highest BCUT2D eigenvalue weighted by Crippen LogP contribution is 2.31. The van der Waals surface area contributed by atoms with E-state index in [1.54, 1.807) is 29.9 Å². The minimum Gasteiger partial charge on any atom is -0.314 e. The summed E-state index contributed by atoms with van der Waals surface area (Å²) in [7, 11) is 0. The van der Waals surface area contributed by atoms with Crippen LogP contribution >= 0.6 is 11.3 Å². The monoisotopic (exact) mass is 303 g/mol. The first-order valence-corrected chi connectivity index (χ1v) is 8.43. The fraction of sp³-hybridized carbons (Fsp3) is 0.533. The maximum Gasteiger partial charge on any atom is 0.111 e. The van der Waals surface area contributed by atoms with Gasteiger partial charge in [-0.25, -0.2) is 4.98 Å². The van der Waals surface area contributed by atoms with Gasteiger partial charge in [0.1, 0.15) is 16.4 Å². The van der Waals surface area contributed by atoms with Gasteiger partial charge in [0.2, 0.25) is 0 Å². The van der Waals surface area contributed by atoms with Crippen molar-refractivity contribution >= 4 is 11.3 Å². The van der Waals surface area contributed by atoms with E-state index in [0.29, 0.717) is 6.04 Å². The predicted octanol–water partition coefficient (Wildman–Crippen LogP) is 2.35. The second kappa shape index (κ2) is 7.06. The molecule has 2 aromatic heterocycles. The lowest BCUT2D eigenvalue weighted by Crippen LogP contribution is -2.45. The summed E-state index contributed by atoms with van der Waals surface area (Å²) in [5.41, 5.74) is 1.80. The van der Waals surface area contributed by atoms with Crippen LogP contribution in [0.15, 0.2) is 24.0 Å². The van der Waals surface area contributed by atoms with E-state index >= 15 is 0 Å². The van der Waals surface area contributed by atoms with Crippen molar-refractivity contribution in [1.82, 2.24) is 25.2 Å². The Morgan fingerprint density at radius 3 is 2.86 bits per heavy atom. The van der Waals surface area contributed by atoms with Gasteiger partial charge >= 0.3 is 0 Å². The first-order valence-electron chi connectivity index (χ1n) is 7.55. The summed E-state index contributed by atoms with van der Waals surface area (Å²) in [6.07, 6.45) is 7.52. The van der Waals surface area contributed by atoms with Crippen molar-refractivity contribution in [2.24, 2.45) is 0 Å². The first kappa shape index (κ1) is 14.6. The van der Waals surface area contributed by atoms with E-state index in [0.717, 1.165) is 44.0 Å². The van der Waals surface area contributed by atoms with Gasteiger partial charge in [-0.05, 0) is 6.42 Å². The van der Waals surface area contributed by atoms with Crippen LogP contribution in [0.25, 0.3) is 11.4 Å². The smallest absolute Gasteiger partial charge is 0.111 e. The molecule has 5 nitrogen and oxygen atoms in total. The molecule has 6 heteroatoms. The number of piperazine rings is 1. The quantitative estimate of drug-likeness (QED) is 0.919. The summed E-state index contributed by atoms with van der Waals surface area (Å²) in [6, 6.07) is 0.438. The lowest BCUT2D eigenvalue weighted by molar-refractivity contribution is 0.164. The number of hydrogen-bond acceptors (Lipinski definition) is 6. The van der Waals surface area contributed by atoms with Gasteiger partial charge < -0.3 is 5.32 Å². The molecule has 2 aromatic rings. The van der Waals surface area contributed by atoms with Gasteiger partial charge in [0, 0.05) is 44.0 Å². The van der Waals surface area contributed by atoms with E-state index in [1.807, 2.05) is 0 Å². The molecular formula is C15H21N5S. The molecule has 0 saturated carbocycles. The molecule has 1 aliphatic heterocycles. The van der Waals surface area contributed by atoms with Crippen LogP contribution in [0.1, 0.15) is 30.8 Å². The predicted molar refractivity (Wildman–Crippen MR) is 85.2 cm³/mol. The second-order valence-corrected chi connectivity index (χ2v) is 6.14. The highest BCUT2D eigenvalue weighted by Gasteiger charge is 2.24. The normalized spacial score (nSPS) is 17.8. The van der Waals surface area contributed by atoms with Crippen molar-refractivity contribution in [1.29, 1.82) is 0 Å². The van der Waals surface area contributed by atoms with Gasteiger partial charge in [-0.2, -0.15) is 0 Å². The summed E-state index contributed by atoms with van der Waals surface area (Å²) in [5, 5.41) is 6.73. The average molecular weight is 303 g/mol. The van der Waals surface area contributed by atoms with E-state index in [-0.39, 0.29) is 0 Å². The van der Waals surface area contributed by atoms with Crippen LogP contribution < -0.4 is 5.32 Å². The topological polar surface area (TPSA) is 53.9 Å². The molecule has 21 heavy (non-hydrogen) atoms. The zero-order valence-corrected chi connectivity index (χ0v) is 13.1. The van der Waals surface area contributed by atoms with Crippen LogP contribution in [0.3, 0.4) is 0 Å². The number of aromatic nitrogens is 3. The van der Waals surface area contributed by atoms with E-state index in [2.05, 4.69) is 32.5 Å². The zero-order valence-electron chi connectivity index (χ0n) is 12.3. The third kappa shape index (κ3) is 3.45. The highest BCUT2D eigenvalue weighted by atomic mass is 32.1. The van der Waals surface area contributed by atoms with Gasteiger partial charge in [0.15, 0.2) is 0 Å². The third-order valence-corrected chi connectivity index (χ3v) is 4.73. The van der Waals surface area contributed by atoms with Crippen LogP contribution in [0.4, 0.5) is 0 Å². The molecule has 1 fully saturated rings.